The van der Waals surface area contributed by atoms with Crippen molar-refractivity contribution in [1.29, 1.82) is 0 Å². The summed E-state index contributed by atoms with van der Waals surface area (Å²) >= 11 is 0. The number of hydrogen-bond donors (Lipinski definition) is 0. The zero-order valence-corrected chi connectivity index (χ0v) is 40.2. The van der Waals surface area contributed by atoms with E-state index in [1.54, 1.807) is 0 Å². The molecule has 0 saturated carbocycles. The predicted molar refractivity (Wildman–Crippen MR) is 256 cm³/mol. The third-order valence-corrected chi connectivity index (χ3v) is 11.7. The first-order valence-electron chi connectivity index (χ1n) is 26.3. The highest BCUT2D eigenvalue weighted by atomic mass is 16.6. The second kappa shape index (κ2) is 49.5. The van der Waals surface area contributed by atoms with Gasteiger partial charge in [0.25, 0.3) is 0 Å². The molecular weight excluding hydrogens is 745 g/mol. The van der Waals surface area contributed by atoms with Crippen LogP contribution in [0.4, 0.5) is 0 Å². The Bertz CT molecular complexity index is 973. The maximum Gasteiger partial charge on any atom is 0.306 e. The SMILES string of the molecule is CC/C=C\C/C=C\CCCCCCCCCC(=O)OC(COC(=O)CCCCCCCCCCCCCCC)COC(=O)CCCCCCCCCCCCCCCCC. The summed E-state index contributed by atoms with van der Waals surface area (Å²) in [7, 11) is 0. The van der Waals surface area contributed by atoms with Crippen LogP contribution in [-0.4, -0.2) is 37.2 Å². The van der Waals surface area contributed by atoms with Gasteiger partial charge in [-0.1, -0.05) is 244 Å². The second-order valence-electron chi connectivity index (χ2n) is 17.8. The van der Waals surface area contributed by atoms with E-state index in [4.69, 9.17) is 14.2 Å². The topological polar surface area (TPSA) is 78.9 Å². The summed E-state index contributed by atoms with van der Waals surface area (Å²) in [6.45, 7) is 6.56. The fourth-order valence-corrected chi connectivity index (χ4v) is 7.78. The van der Waals surface area contributed by atoms with Crippen molar-refractivity contribution in [1.82, 2.24) is 0 Å². The van der Waals surface area contributed by atoms with Crippen LogP contribution in [0.15, 0.2) is 24.3 Å². The minimum absolute atomic E-state index is 0.0695. The van der Waals surface area contributed by atoms with Gasteiger partial charge in [0.15, 0.2) is 6.10 Å². The molecule has 0 radical (unpaired) electrons. The summed E-state index contributed by atoms with van der Waals surface area (Å²) < 4.78 is 16.8. The van der Waals surface area contributed by atoms with Crippen molar-refractivity contribution in [2.45, 2.75) is 290 Å². The molecule has 0 aliphatic carbocycles. The zero-order chi connectivity index (χ0) is 43.7. The molecule has 6 nitrogen and oxygen atoms in total. The van der Waals surface area contributed by atoms with Crippen LogP contribution in [0.25, 0.3) is 0 Å². The monoisotopic (exact) mass is 845 g/mol. The molecule has 0 aromatic heterocycles. The lowest BCUT2D eigenvalue weighted by molar-refractivity contribution is -0.167. The van der Waals surface area contributed by atoms with Gasteiger partial charge >= 0.3 is 17.9 Å². The van der Waals surface area contributed by atoms with Crippen molar-refractivity contribution in [2.75, 3.05) is 13.2 Å². The quantitative estimate of drug-likeness (QED) is 0.0263. The van der Waals surface area contributed by atoms with Crippen LogP contribution in [0.5, 0.6) is 0 Å². The van der Waals surface area contributed by atoms with E-state index in [0.29, 0.717) is 19.3 Å². The van der Waals surface area contributed by atoms with Crippen LogP contribution in [0.2, 0.25) is 0 Å². The van der Waals surface area contributed by atoms with Gasteiger partial charge in [0, 0.05) is 19.3 Å². The van der Waals surface area contributed by atoms with Crippen LogP contribution in [0.3, 0.4) is 0 Å². The van der Waals surface area contributed by atoms with E-state index in [1.807, 2.05) is 0 Å². The number of rotatable bonds is 48. The van der Waals surface area contributed by atoms with E-state index in [9.17, 15) is 14.4 Å². The van der Waals surface area contributed by atoms with Gasteiger partial charge in [-0.15, -0.1) is 0 Å². The molecule has 0 saturated heterocycles. The van der Waals surface area contributed by atoms with Crippen molar-refractivity contribution in [3.63, 3.8) is 0 Å². The average Bonchev–Trinajstić information content (AvgIpc) is 3.24. The number of carbonyl (C=O) groups is 3. The van der Waals surface area contributed by atoms with Gasteiger partial charge < -0.3 is 14.2 Å². The molecule has 60 heavy (non-hydrogen) atoms. The molecule has 352 valence electrons. The number of ether oxygens (including phenoxy) is 3. The number of hydrogen-bond acceptors (Lipinski definition) is 6. The Kier molecular flexibility index (Phi) is 47.8. The molecule has 0 aliphatic heterocycles. The summed E-state index contributed by atoms with van der Waals surface area (Å²) in [6.07, 6.45) is 55.9. The third kappa shape index (κ3) is 46.9. The first-order valence-corrected chi connectivity index (χ1v) is 26.3. The molecule has 0 amide bonds. The standard InChI is InChI=1S/C54H100O6/c1-4-7-10-13-16-19-22-25-27-30-32-35-38-41-44-47-53(56)59-50-51(49-58-52(55)46-43-40-37-34-31-28-24-21-18-15-12-9-6-3)60-54(57)48-45-42-39-36-33-29-26-23-20-17-14-11-8-5-2/h8,11,17,20,51H,4-7,9-10,12-16,18-19,21-50H2,1-3H3/b11-8-,20-17-. The fraction of sp³-hybridized carbons (Fsp3) is 0.870. The van der Waals surface area contributed by atoms with E-state index < -0.39 is 6.10 Å². The molecule has 6 heteroatoms. The highest BCUT2D eigenvalue weighted by molar-refractivity contribution is 5.71. The van der Waals surface area contributed by atoms with Gasteiger partial charge in [0.2, 0.25) is 0 Å². The molecule has 0 aliphatic rings. The van der Waals surface area contributed by atoms with E-state index >= 15 is 0 Å². The lowest BCUT2D eigenvalue weighted by Crippen LogP contribution is -2.30. The summed E-state index contributed by atoms with van der Waals surface area (Å²) in [6, 6.07) is 0. The Morgan fingerprint density at radius 3 is 1.00 bits per heavy atom. The predicted octanol–water partition coefficient (Wildman–Crippen LogP) is 17.2. The highest BCUT2D eigenvalue weighted by Gasteiger charge is 2.19. The molecule has 0 N–H and O–H groups in total. The maximum absolute atomic E-state index is 12.8. The number of unbranched alkanes of at least 4 members (excludes halogenated alkanes) is 33. The molecule has 0 rings (SSSR count). The second-order valence-corrected chi connectivity index (χ2v) is 17.8. The summed E-state index contributed by atoms with van der Waals surface area (Å²) in [5, 5.41) is 0. The third-order valence-electron chi connectivity index (χ3n) is 11.7. The smallest absolute Gasteiger partial charge is 0.306 e. The van der Waals surface area contributed by atoms with Gasteiger partial charge in [-0.2, -0.15) is 0 Å². The highest BCUT2D eigenvalue weighted by Crippen LogP contribution is 2.16. The molecule has 0 fully saturated rings. The number of allylic oxidation sites excluding steroid dienone is 4. The summed E-state index contributed by atoms with van der Waals surface area (Å²) in [5.74, 6) is -0.862. The molecule has 0 aromatic rings. The zero-order valence-electron chi connectivity index (χ0n) is 40.2. The molecule has 0 bridgehead atoms. The first kappa shape index (κ1) is 57.9. The summed E-state index contributed by atoms with van der Waals surface area (Å²) in [4.78, 5) is 38.0. The largest absolute Gasteiger partial charge is 0.462 e. The Morgan fingerprint density at radius 2 is 0.650 bits per heavy atom. The van der Waals surface area contributed by atoms with Crippen LogP contribution in [0.1, 0.15) is 284 Å². The van der Waals surface area contributed by atoms with Crippen molar-refractivity contribution < 1.29 is 28.6 Å². The lowest BCUT2D eigenvalue weighted by atomic mass is 10.0. The first-order chi connectivity index (χ1) is 29.5. The Labute approximate surface area is 373 Å². The van der Waals surface area contributed by atoms with E-state index in [2.05, 4.69) is 45.1 Å². The Balaban J connectivity index is 4.33. The minimum atomic E-state index is -0.769. The molecular formula is C54H100O6. The van der Waals surface area contributed by atoms with Gasteiger partial charge in [-0.05, 0) is 44.9 Å². The molecule has 0 aromatic carbocycles. The van der Waals surface area contributed by atoms with Crippen molar-refractivity contribution in [2.24, 2.45) is 0 Å². The average molecular weight is 845 g/mol. The normalized spacial score (nSPS) is 12.1. The molecule has 1 atom stereocenters. The van der Waals surface area contributed by atoms with Crippen molar-refractivity contribution in [3.05, 3.63) is 24.3 Å². The van der Waals surface area contributed by atoms with Crippen LogP contribution in [-0.2, 0) is 28.6 Å². The molecule has 0 heterocycles. The van der Waals surface area contributed by atoms with Gasteiger partial charge in [0.05, 0.1) is 0 Å². The summed E-state index contributed by atoms with van der Waals surface area (Å²) in [5.41, 5.74) is 0. The Morgan fingerprint density at radius 1 is 0.350 bits per heavy atom. The van der Waals surface area contributed by atoms with Crippen molar-refractivity contribution >= 4 is 17.9 Å². The van der Waals surface area contributed by atoms with E-state index in [1.165, 1.54) is 167 Å². The van der Waals surface area contributed by atoms with Gasteiger partial charge in [-0.3, -0.25) is 14.4 Å². The van der Waals surface area contributed by atoms with E-state index in [-0.39, 0.29) is 31.1 Å². The van der Waals surface area contributed by atoms with Crippen LogP contribution >= 0.6 is 0 Å². The lowest BCUT2D eigenvalue weighted by Gasteiger charge is -2.18. The molecule has 0 spiro atoms. The van der Waals surface area contributed by atoms with Crippen molar-refractivity contribution in [3.8, 4) is 0 Å². The maximum atomic E-state index is 12.8. The molecule has 1 unspecified atom stereocenters. The van der Waals surface area contributed by atoms with Gasteiger partial charge in [-0.25, -0.2) is 0 Å². The van der Waals surface area contributed by atoms with Crippen LogP contribution in [0, 0.1) is 0 Å². The Hall–Kier alpha value is -2.11. The number of esters is 3. The fourth-order valence-electron chi connectivity index (χ4n) is 7.78. The van der Waals surface area contributed by atoms with E-state index in [0.717, 1.165) is 77.0 Å². The number of carbonyl (C=O) groups excluding carboxylic acids is 3. The minimum Gasteiger partial charge on any atom is -0.462 e. The van der Waals surface area contributed by atoms with Gasteiger partial charge in [0.1, 0.15) is 13.2 Å². The van der Waals surface area contributed by atoms with Crippen LogP contribution < -0.4 is 0 Å².